The molecule has 0 amide bonds. The number of hydrogen-bond donors (Lipinski definition) is 2. The molecule has 2 aliphatic heterocycles. The number of aliphatic carboxylic acids is 1. The number of benzene rings is 4. The second kappa shape index (κ2) is 15.1. The van der Waals surface area contributed by atoms with E-state index < -0.39 is 34.5 Å². The molecule has 2 aliphatic rings. The Balaban J connectivity index is 1.76. The Morgan fingerprint density at radius 3 is 2.33 bits per heavy atom. The van der Waals surface area contributed by atoms with Crippen molar-refractivity contribution in [3.05, 3.63) is 141 Å². The number of fused-ring (bicyclic) bond motifs is 2. The second-order valence-corrected chi connectivity index (χ2v) is 14.4. The molecular formula is C42H36ClF3N3O6+. The first-order valence-electron chi connectivity index (χ1n) is 17.4. The van der Waals surface area contributed by atoms with Crippen molar-refractivity contribution in [2.45, 2.75) is 50.1 Å². The number of carboxylic acid groups (broad SMARTS) is 2. The van der Waals surface area contributed by atoms with Crippen molar-refractivity contribution < 1.29 is 47.1 Å². The molecule has 13 heteroatoms. The van der Waals surface area contributed by atoms with Crippen LogP contribution in [-0.4, -0.2) is 58.6 Å². The topological polar surface area (TPSA) is 131 Å². The number of carbonyl (C=O) groups excluding carboxylic acids is 1. The van der Waals surface area contributed by atoms with Crippen LogP contribution in [-0.2, 0) is 44.2 Å². The van der Waals surface area contributed by atoms with Crippen molar-refractivity contribution in [3.8, 4) is 6.07 Å². The summed E-state index contributed by atoms with van der Waals surface area (Å²) in [6, 6.07) is 26.7. The Kier molecular flexibility index (Phi) is 10.6. The smallest absolute Gasteiger partial charge is 0.416 e. The van der Waals surface area contributed by atoms with E-state index >= 15 is 0 Å². The molecule has 2 N–H and O–H groups in total. The summed E-state index contributed by atoms with van der Waals surface area (Å²) in [4.78, 5) is 37.8. The van der Waals surface area contributed by atoms with Crippen LogP contribution < -0.4 is 4.90 Å². The molecule has 6 rings (SSSR count). The summed E-state index contributed by atoms with van der Waals surface area (Å²) in [7, 11) is 0. The average molecular weight is 771 g/mol. The lowest BCUT2D eigenvalue weighted by Crippen LogP contribution is -2.44. The molecule has 1 atom stereocenters. The molecule has 55 heavy (non-hydrogen) atoms. The number of rotatable bonds is 13. The average Bonchev–Trinajstić information content (AvgIpc) is 3.51. The summed E-state index contributed by atoms with van der Waals surface area (Å²) >= 11 is 6.72. The number of aromatic carboxylic acids is 1. The van der Waals surface area contributed by atoms with Gasteiger partial charge in [0.2, 0.25) is 11.4 Å². The third kappa shape index (κ3) is 7.20. The van der Waals surface area contributed by atoms with Gasteiger partial charge in [-0.3, -0.25) is 9.59 Å². The maximum Gasteiger partial charge on any atom is 0.416 e. The van der Waals surface area contributed by atoms with Crippen LogP contribution >= 0.6 is 11.6 Å². The highest BCUT2D eigenvalue weighted by molar-refractivity contribution is 6.31. The van der Waals surface area contributed by atoms with Crippen molar-refractivity contribution in [1.29, 1.82) is 5.26 Å². The Bertz CT molecular complexity index is 2300. The number of ether oxygens (including phenoxy) is 1. The van der Waals surface area contributed by atoms with Gasteiger partial charge in [0.05, 0.1) is 28.8 Å². The molecule has 9 nitrogen and oxygen atoms in total. The minimum Gasteiger partial charge on any atom is -0.481 e. The van der Waals surface area contributed by atoms with E-state index in [9.17, 15) is 43.0 Å². The standard InChI is InChI=1S/C42H35ClF3N3O6/c1-40(2)32-20-28(42(44,45)46)12-14-34(32)49(18-19-55-25-50)37(40)31(24-47)38-41(22-26-8-4-3-5-9-26,23-27-10-6-7-11-30(27)39(53)54)33-21-29(43)13-15-35(33)48(38)17-16-36(51)52/h3-15,20-21,25H,16-19,22-23H2,1-2H3,(H-,51,52,53,54)/p+1. The number of anilines is 1. The number of carbonyl (C=O) groups is 3. The van der Waals surface area contributed by atoms with E-state index in [0.29, 0.717) is 38.9 Å². The summed E-state index contributed by atoms with van der Waals surface area (Å²) in [5.41, 5.74) is 0.299. The van der Waals surface area contributed by atoms with Crippen LogP contribution in [0.2, 0.25) is 5.02 Å². The first-order valence-corrected chi connectivity index (χ1v) is 17.7. The molecular weight excluding hydrogens is 735 g/mol. The van der Waals surface area contributed by atoms with Crippen molar-refractivity contribution >= 4 is 47.1 Å². The largest absolute Gasteiger partial charge is 0.481 e. The zero-order valence-electron chi connectivity index (χ0n) is 29.9. The van der Waals surface area contributed by atoms with E-state index in [2.05, 4.69) is 6.07 Å². The highest BCUT2D eigenvalue weighted by atomic mass is 35.5. The monoisotopic (exact) mass is 770 g/mol. The minimum absolute atomic E-state index is 0.00886. The number of allylic oxidation sites excluding steroid dienone is 2. The summed E-state index contributed by atoms with van der Waals surface area (Å²) in [6.07, 6.45) is -4.83. The van der Waals surface area contributed by atoms with Gasteiger partial charge in [-0.1, -0.05) is 74.0 Å². The molecule has 0 radical (unpaired) electrons. The van der Waals surface area contributed by atoms with E-state index in [4.69, 9.17) is 16.3 Å². The predicted octanol–water partition coefficient (Wildman–Crippen LogP) is 8.10. The zero-order valence-corrected chi connectivity index (χ0v) is 30.6. The fourth-order valence-electron chi connectivity index (χ4n) is 8.14. The Labute approximate surface area is 320 Å². The molecule has 4 aromatic rings. The van der Waals surface area contributed by atoms with Crippen molar-refractivity contribution in [3.63, 3.8) is 0 Å². The Morgan fingerprint density at radius 1 is 0.964 bits per heavy atom. The maximum absolute atomic E-state index is 14.2. The van der Waals surface area contributed by atoms with E-state index in [0.717, 1.165) is 17.7 Å². The summed E-state index contributed by atoms with van der Waals surface area (Å²) < 4.78 is 49.3. The molecule has 0 aromatic heterocycles. The van der Waals surface area contributed by atoms with Gasteiger partial charge < -0.3 is 19.8 Å². The summed E-state index contributed by atoms with van der Waals surface area (Å²) in [6.45, 7) is 3.35. The van der Waals surface area contributed by atoms with Crippen molar-refractivity contribution in [2.24, 2.45) is 0 Å². The third-order valence-corrected chi connectivity index (χ3v) is 10.6. The molecule has 0 aliphatic carbocycles. The molecule has 0 bridgehead atoms. The first kappa shape index (κ1) is 38.8. The van der Waals surface area contributed by atoms with Gasteiger partial charge in [0.1, 0.15) is 24.7 Å². The van der Waals surface area contributed by atoms with Crippen LogP contribution in [0.25, 0.3) is 0 Å². The molecule has 0 saturated heterocycles. The van der Waals surface area contributed by atoms with Gasteiger partial charge in [-0.25, -0.2) is 4.79 Å². The number of nitrogens with zero attached hydrogens (tertiary/aromatic N) is 3. The molecule has 0 spiro atoms. The fraction of sp³-hybridized carbons (Fsp3) is 0.262. The number of hydrogen-bond acceptors (Lipinski definition) is 6. The van der Waals surface area contributed by atoms with Crippen molar-refractivity contribution in [2.75, 3.05) is 24.6 Å². The molecule has 4 aromatic carbocycles. The second-order valence-electron chi connectivity index (χ2n) is 14.0. The number of nitriles is 1. The molecule has 1 unspecified atom stereocenters. The van der Waals surface area contributed by atoms with Crippen LogP contribution in [0.4, 0.5) is 24.5 Å². The lowest BCUT2D eigenvalue weighted by atomic mass is 9.66. The van der Waals surface area contributed by atoms with E-state index in [1.54, 1.807) is 59.7 Å². The Hall–Kier alpha value is -5.93. The lowest BCUT2D eigenvalue weighted by Gasteiger charge is -2.33. The fourth-order valence-corrected chi connectivity index (χ4v) is 8.32. The first-order chi connectivity index (χ1) is 26.1. The number of halogens is 4. The Morgan fingerprint density at radius 2 is 1.67 bits per heavy atom. The quantitative estimate of drug-likeness (QED) is 0.0604. The highest BCUT2D eigenvalue weighted by Gasteiger charge is 2.57. The SMILES string of the molecule is CC1(C)/C(=C(/C#N)C2=[N+](CCC(=O)O)c3ccc(Cl)cc3C2(Cc2ccccc2)Cc2ccccc2C(=O)O)N(CCOC=O)c2ccc(C(F)(F)F)cc21. The van der Waals surface area contributed by atoms with Crippen LogP contribution in [0.15, 0.2) is 102 Å². The molecule has 0 saturated carbocycles. The molecule has 0 fully saturated rings. The van der Waals surface area contributed by atoms with E-state index in [1.807, 2.05) is 30.3 Å². The lowest BCUT2D eigenvalue weighted by molar-refractivity contribution is -0.437. The minimum atomic E-state index is -4.67. The predicted molar refractivity (Wildman–Crippen MR) is 199 cm³/mol. The number of carboxylic acids is 2. The van der Waals surface area contributed by atoms with Crippen LogP contribution in [0.5, 0.6) is 0 Å². The molecule has 282 valence electrons. The van der Waals surface area contributed by atoms with Gasteiger partial charge in [0.25, 0.3) is 6.47 Å². The van der Waals surface area contributed by atoms with Gasteiger partial charge >= 0.3 is 18.1 Å². The van der Waals surface area contributed by atoms with E-state index in [1.165, 1.54) is 12.1 Å². The van der Waals surface area contributed by atoms with Crippen LogP contribution in [0.3, 0.4) is 0 Å². The van der Waals surface area contributed by atoms with Gasteiger partial charge in [-0.15, -0.1) is 0 Å². The normalized spacial score (nSPS) is 18.0. The van der Waals surface area contributed by atoms with Gasteiger partial charge in [-0.05, 0) is 65.9 Å². The van der Waals surface area contributed by atoms with Crippen LogP contribution in [0, 0.1) is 11.3 Å². The van der Waals surface area contributed by atoms with Crippen molar-refractivity contribution in [1.82, 2.24) is 0 Å². The van der Waals surface area contributed by atoms with Gasteiger partial charge in [0, 0.05) is 27.8 Å². The summed E-state index contributed by atoms with van der Waals surface area (Å²) in [5, 5.41) is 32.1. The highest BCUT2D eigenvalue weighted by Crippen LogP contribution is 2.54. The number of alkyl halides is 3. The van der Waals surface area contributed by atoms with E-state index in [-0.39, 0.29) is 62.1 Å². The molecule has 2 heterocycles. The summed E-state index contributed by atoms with van der Waals surface area (Å²) in [5.74, 6) is -2.29. The van der Waals surface area contributed by atoms with Gasteiger partial charge in [0.15, 0.2) is 6.54 Å². The zero-order chi connectivity index (χ0) is 39.7. The van der Waals surface area contributed by atoms with Gasteiger partial charge in [-0.2, -0.15) is 23.0 Å². The third-order valence-electron chi connectivity index (χ3n) is 10.4. The maximum atomic E-state index is 14.2. The van der Waals surface area contributed by atoms with Crippen LogP contribution in [0.1, 0.15) is 58.4 Å².